The molecule has 1 aromatic carbocycles. The Hall–Kier alpha value is -1.73. The summed E-state index contributed by atoms with van der Waals surface area (Å²) in [6, 6.07) is 5.69. The van der Waals surface area contributed by atoms with E-state index in [2.05, 4.69) is 10.1 Å². The van der Waals surface area contributed by atoms with Crippen LogP contribution in [0.25, 0.3) is 0 Å². The van der Waals surface area contributed by atoms with Crippen molar-refractivity contribution in [1.82, 2.24) is 14.4 Å². The molecule has 6 nitrogen and oxygen atoms in total. The van der Waals surface area contributed by atoms with E-state index in [1.54, 1.807) is 10.4 Å². The maximum absolute atomic E-state index is 13.0. The third-order valence-electron chi connectivity index (χ3n) is 6.47. The van der Waals surface area contributed by atoms with Crippen molar-refractivity contribution < 1.29 is 12.9 Å². The van der Waals surface area contributed by atoms with Crippen LogP contribution in [0.3, 0.4) is 0 Å². The van der Waals surface area contributed by atoms with E-state index >= 15 is 0 Å². The van der Waals surface area contributed by atoms with E-state index < -0.39 is 10.0 Å². The normalized spacial score (nSPS) is 21.1. The van der Waals surface area contributed by atoms with E-state index in [4.69, 9.17) is 4.52 Å². The molecule has 0 spiro atoms. The van der Waals surface area contributed by atoms with Gasteiger partial charge in [-0.1, -0.05) is 11.2 Å². The van der Waals surface area contributed by atoms with Gasteiger partial charge in [0.1, 0.15) is 0 Å². The zero-order valence-electron chi connectivity index (χ0n) is 16.1. The topological polar surface area (TPSA) is 76.3 Å². The molecule has 5 rings (SSSR count). The monoisotopic (exact) mass is 401 g/mol. The molecule has 7 heteroatoms. The maximum Gasteiger partial charge on any atom is 0.243 e. The molecular formula is C21H27N3O3S. The van der Waals surface area contributed by atoms with E-state index in [0.717, 1.165) is 56.7 Å². The van der Waals surface area contributed by atoms with Crippen molar-refractivity contribution in [3.05, 3.63) is 41.0 Å². The maximum atomic E-state index is 13.0. The Morgan fingerprint density at radius 3 is 2.64 bits per heavy atom. The highest BCUT2D eigenvalue weighted by Gasteiger charge is 2.31. The van der Waals surface area contributed by atoms with Crippen molar-refractivity contribution in [2.75, 3.05) is 13.1 Å². The van der Waals surface area contributed by atoms with Gasteiger partial charge >= 0.3 is 0 Å². The lowest BCUT2D eigenvalue weighted by Crippen LogP contribution is -2.38. The summed E-state index contributed by atoms with van der Waals surface area (Å²) >= 11 is 0. The Morgan fingerprint density at radius 1 is 1.07 bits per heavy atom. The standard InChI is InChI=1S/C21H27N3O3S/c25-28(26,19-8-7-16-2-1-3-18(16)14-19)24-12-10-15(11-13-24)4-9-20-22-21(27-23-20)17-5-6-17/h7-8,14-15,17H,1-6,9-13H2. The molecule has 1 aromatic heterocycles. The Balaban J connectivity index is 1.17. The van der Waals surface area contributed by atoms with Crippen LogP contribution in [0.5, 0.6) is 0 Å². The van der Waals surface area contributed by atoms with Crippen molar-refractivity contribution >= 4 is 10.0 Å². The molecule has 0 atom stereocenters. The number of fused-ring (bicyclic) bond motifs is 1. The number of hydrogen-bond acceptors (Lipinski definition) is 5. The molecule has 2 fully saturated rings. The van der Waals surface area contributed by atoms with Gasteiger partial charge in [0.05, 0.1) is 4.90 Å². The summed E-state index contributed by atoms with van der Waals surface area (Å²) in [7, 11) is -3.38. The van der Waals surface area contributed by atoms with Gasteiger partial charge in [-0.2, -0.15) is 9.29 Å². The average molecular weight is 402 g/mol. The third-order valence-corrected chi connectivity index (χ3v) is 8.36. The molecule has 2 aromatic rings. The van der Waals surface area contributed by atoms with Crippen LogP contribution in [0.4, 0.5) is 0 Å². The first-order chi connectivity index (χ1) is 13.6. The highest BCUT2D eigenvalue weighted by molar-refractivity contribution is 7.89. The minimum Gasteiger partial charge on any atom is -0.339 e. The number of piperidine rings is 1. The summed E-state index contributed by atoms with van der Waals surface area (Å²) < 4.78 is 33.1. The molecule has 3 aliphatic rings. The zero-order valence-corrected chi connectivity index (χ0v) is 17.0. The lowest BCUT2D eigenvalue weighted by Gasteiger charge is -2.31. The number of rotatable bonds is 6. The van der Waals surface area contributed by atoms with Crippen molar-refractivity contribution in [3.8, 4) is 0 Å². The highest BCUT2D eigenvalue weighted by atomic mass is 32.2. The summed E-state index contributed by atoms with van der Waals surface area (Å²) in [5.41, 5.74) is 2.52. The fourth-order valence-corrected chi connectivity index (χ4v) is 6.02. The SMILES string of the molecule is O=S(=O)(c1ccc2c(c1)CCC2)N1CCC(CCc2noc(C3CC3)n2)CC1. The molecule has 2 heterocycles. The van der Waals surface area contributed by atoms with Gasteiger partial charge in [0.25, 0.3) is 0 Å². The molecule has 150 valence electrons. The lowest BCUT2D eigenvalue weighted by molar-refractivity contribution is 0.262. The van der Waals surface area contributed by atoms with Crippen LogP contribution in [-0.4, -0.2) is 36.0 Å². The quantitative estimate of drug-likeness (QED) is 0.741. The summed E-state index contributed by atoms with van der Waals surface area (Å²) in [5.74, 6) is 2.61. The Bertz CT molecular complexity index is 957. The van der Waals surface area contributed by atoms with Crippen LogP contribution in [0.2, 0.25) is 0 Å². The van der Waals surface area contributed by atoms with Gasteiger partial charge in [-0.05, 0) is 80.5 Å². The van der Waals surface area contributed by atoms with Crippen LogP contribution < -0.4 is 0 Å². The number of hydrogen-bond donors (Lipinski definition) is 0. The first-order valence-electron chi connectivity index (χ1n) is 10.5. The fraction of sp³-hybridized carbons (Fsp3) is 0.619. The molecule has 0 bridgehead atoms. The fourth-order valence-electron chi connectivity index (χ4n) is 4.49. The van der Waals surface area contributed by atoms with E-state index in [0.29, 0.717) is 29.8 Å². The number of aryl methyl sites for hydroxylation is 3. The second-order valence-electron chi connectivity index (χ2n) is 8.49. The summed E-state index contributed by atoms with van der Waals surface area (Å²) in [5, 5.41) is 4.09. The number of benzene rings is 1. The first-order valence-corrected chi connectivity index (χ1v) is 12.0. The summed E-state index contributed by atoms with van der Waals surface area (Å²) in [6.07, 6.45) is 9.15. The second kappa shape index (κ2) is 7.26. The van der Waals surface area contributed by atoms with Crippen molar-refractivity contribution in [3.63, 3.8) is 0 Å². The molecule has 0 radical (unpaired) electrons. The molecule has 1 saturated carbocycles. The van der Waals surface area contributed by atoms with Crippen LogP contribution in [0, 0.1) is 5.92 Å². The Kier molecular flexibility index (Phi) is 4.75. The minimum absolute atomic E-state index is 0.464. The van der Waals surface area contributed by atoms with Crippen molar-refractivity contribution in [2.45, 2.75) is 68.6 Å². The van der Waals surface area contributed by atoms with Gasteiger partial charge < -0.3 is 4.52 Å². The van der Waals surface area contributed by atoms with Gasteiger partial charge in [0, 0.05) is 25.4 Å². The van der Waals surface area contributed by atoms with Gasteiger partial charge in [0.2, 0.25) is 15.9 Å². The van der Waals surface area contributed by atoms with Crippen molar-refractivity contribution in [2.24, 2.45) is 5.92 Å². The molecule has 0 N–H and O–H groups in total. The van der Waals surface area contributed by atoms with Crippen LogP contribution in [-0.2, 0) is 29.3 Å². The number of nitrogens with zero attached hydrogens (tertiary/aromatic N) is 3. The van der Waals surface area contributed by atoms with E-state index in [1.807, 2.05) is 12.1 Å². The molecule has 1 saturated heterocycles. The molecule has 1 aliphatic heterocycles. The van der Waals surface area contributed by atoms with Crippen LogP contribution in [0.1, 0.15) is 67.3 Å². The lowest BCUT2D eigenvalue weighted by atomic mass is 9.93. The van der Waals surface area contributed by atoms with Gasteiger partial charge in [-0.25, -0.2) is 8.42 Å². The first kappa shape index (κ1) is 18.3. The molecule has 0 unspecified atom stereocenters. The Labute approximate surface area is 166 Å². The number of sulfonamides is 1. The minimum atomic E-state index is -3.38. The largest absolute Gasteiger partial charge is 0.339 e. The third kappa shape index (κ3) is 3.62. The van der Waals surface area contributed by atoms with E-state index in [9.17, 15) is 8.42 Å². The van der Waals surface area contributed by atoms with E-state index in [-0.39, 0.29) is 0 Å². The van der Waals surface area contributed by atoms with Crippen LogP contribution in [0.15, 0.2) is 27.6 Å². The summed E-state index contributed by atoms with van der Waals surface area (Å²) in [6.45, 7) is 1.20. The van der Waals surface area contributed by atoms with Gasteiger partial charge in [-0.15, -0.1) is 0 Å². The van der Waals surface area contributed by atoms with Crippen molar-refractivity contribution in [1.29, 1.82) is 0 Å². The van der Waals surface area contributed by atoms with E-state index in [1.165, 1.54) is 24.0 Å². The Morgan fingerprint density at radius 2 is 1.86 bits per heavy atom. The molecule has 2 aliphatic carbocycles. The second-order valence-corrected chi connectivity index (χ2v) is 10.4. The smallest absolute Gasteiger partial charge is 0.243 e. The van der Waals surface area contributed by atoms with Gasteiger partial charge in [0.15, 0.2) is 5.82 Å². The summed E-state index contributed by atoms with van der Waals surface area (Å²) in [4.78, 5) is 4.96. The highest BCUT2D eigenvalue weighted by Crippen LogP contribution is 2.39. The predicted octanol–water partition coefficient (Wildman–Crippen LogP) is 3.47. The molecular weight excluding hydrogens is 374 g/mol. The van der Waals surface area contributed by atoms with Gasteiger partial charge in [-0.3, -0.25) is 0 Å². The predicted molar refractivity (Wildman–Crippen MR) is 105 cm³/mol. The molecule has 0 amide bonds. The zero-order chi connectivity index (χ0) is 19.1. The number of aromatic nitrogens is 2. The average Bonchev–Trinajstić information content (AvgIpc) is 3.26. The molecule has 28 heavy (non-hydrogen) atoms. The van der Waals surface area contributed by atoms with Crippen LogP contribution >= 0.6 is 0 Å².